The highest BCUT2D eigenvalue weighted by Gasteiger charge is 2.41. The second-order valence-electron chi connectivity index (χ2n) is 7.00. The average molecular weight is 360 g/mol. The van der Waals surface area contributed by atoms with Crippen molar-refractivity contribution in [3.63, 3.8) is 0 Å². The van der Waals surface area contributed by atoms with Crippen molar-refractivity contribution in [1.82, 2.24) is 20.4 Å². The van der Waals surface area contributed by atoms with Gasteiger partial charge in [-0.15, -0.1) is 0 Å². The molecule has 0 radical (unpaired) electrons. The number of likely N-dealkylation sites (tertiary alicyclic amines) is 1. The molecule has 3 rings (SSSR count). The van der Waals surface area contributed by atoms with Gasteiger partial charge in [0.05, 0.1) is 11.8 Å². The van der Waals surface area contributed by atoms with Crippen molar-refractivity contribution >= 4 is 6.03 Å². The number of hydrogen-bond donors (Lipinski definition) is 1. The van der Waals surface area contributed by atoms with Crippen LogP contribution >= 0.6 is 0 Å². The highest BCUT2D eigenvalue weighted by molar-refractivity contribution is 5.74. The second kappa shape index (κ2) is 7.21. The molecule has 1 aliphatic heterocycles. The largest absolute Gasteiger partial charge is 0.391 e. The molecule has 140 valence electrons. The molecule has 25 heavy (non-hydrogen) atoms. The van der Waals surface area contributed by atoms with Gasteiger partial charge in [-0.05, 0) is 45.4 Å². The summed E-state index contributed by atoms with van der Waals surface area (Å²) in [4.78, 5) is 18.4. The number of nitrogens with zero attached hydrogens (tertiary/aromatic N) is 3. The summed E-state index contributed by atoms with van der Waals surface area (Å²) in [5.41, 5.74) is 0. The summed E-state index contributed by atoms with van der Waals surface area (Å²) in [6, 6.07) is -0.395. The molecule has 1 aromatic rings. The summed E-state index contributed by atoms with van der Waals surface area (Å²) in [6.45, 7) is 2.87. The molecule has 0 bridgehead atoms. The van der Waals surface area contributed by atoms with Gasteiger partial charge >= 0.3 is 12.2 Å². The van der Waals surface area contributed by atoms with E-state index in [4.69, 9.17) is 4.52 Å². The van der Waals surface area contributed by atoms with E-state index in [1.807, 2.05) is 0 Å². The Morgan fingerprint density at radius 2 is 1.96 bits per heavy atom. The number of rotatable bonds is 2. The Bertz CT molecular complexity index is 596. The zero-order chi connectivity index (χ0) is 18.0. The lowest BCUT2D eigenvalue weighted by molar-refractivity contribution is -0.182. The zero-order valence-electron chi connectivity index (χ0n) is 14.2. The Balaban J connectivity index is 1.50. The normalized spacial score (nSPS) is 28.0. The fourth-order valence-electron chi connectivity index (χ4n) is 3.67. The Labute approximate surface area is 144 Å². The third-order valence-corrected chi connectivity index (χ3v) is 5.12. The molecule has 2 aliphatic rings. The highest BCUT2D eigenvalue weighted by atomic mass is 19.4. The van der Waals surface area contributed by atoms with Crippen LogP contribution in [0.3, 0.4) is 0 Å². The second-order valence-corrected chi connectivity index (χ2v) is 7.00. The number of hydrogen-bond acceptors (Lipinski definition) is 4. The molecule has 2 heterocycles. The quantitative estimate of drug-likeness (QED) is 0.878. The number of nitrogens with one attached hydrogen (secondary N) is 1. The van der Waals surface area contributed by atoms with Crippen LogP contribution in [0.25, 0.3) is 0 Å². The molecule has 2 amide bonds. The van der Waals surface area contributed by atoms with Gasteiger partial charge in [-0.2, -0.15) is 18.2 Å². The fourth-order valence-corrected chi connectivity index (χ4v) is 3.67. The van der Waals surface area contributed by atoms with Gasteiger partial charge in [0.25, 0.3) is 0 Å². The number of urea groups is 1. The number of piperidine rings is 1. The number of carbonyl (C=O) groups is 1. The maximum absolute atomic E-state index is 12.7. The lowest BCUT2D eigenvalue weighted by atomic mass is 9.85. The third kappa shape index (κ3) is 4.43. The Hall–Kier alpha value is -1.80. The fraction of sp³-hybridized carbons (Fsp3) is 0.812. The van der Waals surface area contributed by atoms with Gasteiger partial charge in [-0.25, -0.2) is 4.79 Å². The maximum atomic E-state index is 12.7. The highest BCUT2D eigenvalue weighted by Crippen LogP contribution is 2.37. The summed E-state index contributed by atoms with van der Waals surface area (Å²) >= 11 is 0. The molecule has 1 saturated heterocycles. The van der Waals surface area contributed by atoms with Crippen molar-refractivity contribution in [3.05, 3.63) is 11.7 Å². The first-order valence-corrected chi connectivity index (χ1v) is 8.75. The molecule has 1 aliphatic carbocycles. The van der Waals surface area contributed by atoms with Crippen molar-refractivity contribution in [1.29, 1.82) is 0 Å². The molecule has 1 aromatic heterocycles. The SMILES string of the molecule is Cc1noc(C2CCCN(C(=O)NC3CCC(C(F)(F)F)CC3)C2)n1. The molecule has 0 aromatic carbocycles. The van der Waals surface area contributed by atoms with E-state index in [0.29, 0.717) is 37.6 Å². The van der Waals surface area contributed by atoms with Crippen molar-refractivity contribution in [3.8, 4) is 0 Å². The Morgan fingerprint density at radius 3 is 2.56 bits per heavy atom. The van der Waals surface area contributed by atoms with Crippen molar-refractivity contribution < 1.29 is 22.5 Å². The van der Waals surface area contributed by atoms with Crippen molar-refractivity contribution in [2.45, 2.75) is 63.6 Å². The minimum atomic E-state index is -4.13. The topological polar surface area (TPSA) is 71.3 Å². The summed E-state index contributed by atoms with van der Waals surface area (Å²) in [5.74, 6) is -0.110. The molecule has 9 heteroatoms. The van der Waals surface area contributed by atoms with Gasteiger partial charge in [-0.3, -0.25) is 0 Å². The van der Waals surface area contributed by atoms with Gasteiger partial charge in [-0.1, -0.05) is 5.16 Å². The van der Waals surface area contributed by atoms with Crippen LogP contribution in [0.4, 0.5) is 18.0 Å². The van der Waals surface area contributed by atoms with Crippen LogP contribution in [0.5, 0.6) is 0 Å². The first kappa shape index (κ1) is 18.0. The van der Waals surface area contributed by atoms with Crippen molar-refractivity contribution in [2.24, 2.45) is 5.92 Å². The molecular weight excluding hydrogens is 337 g/mol. The van der Waals surface area contributed by atoms with Crippen LogP contribution in [-0.2, 0) is 0 Å². The van der Waals surface area contributed by atoms with E-state index in [-0.39, 0.29) is 30.8 Å². The predicted octanol–water partition coefficient (Wildman–Crippen LogP) is 3.39. The van der Waals surface area contributed by atoms with Gasteiger partial charge in [0, 0.05) is 19.1 Å². The zero-order valence-corrected chi connectivity index (χ0v) is 14.2. The van der Waals surface area contributed by atoms with E-state index in [1.165, 1.54) is 0 Å². The van der Waals surface area contributed by atoms with Crippen LogP contribution in [0.15, 0.2) is 4.52 Å². The number of amides is 2. The summed E-state index contributed by atoms with van der Waals surface area (Å²) in [7, 11) is 0. The smallest absolute Gasteiger partial charge is 0.339 e. The Kier molecular flexibility index (Phi) is 5.19. The monoisotopic (exact) mass is 360 g/mol. The molecule has 6 nitrogen and oxygen atoms in total. The van der Waals surface area contributed by atoms with Crippen molar-refractivity contribution in [2.75, 3.05) is 13.1 Å². The van der Waals surface area contributed by atoms with E-state index in [1.54, 1.807) is 11.8 Å². The number of aromatic nitrogens is 2. The van der Waals surface area contributed by atoms with E-state index in [9.17, 15) is 18.0 Å². The number of carbonyl (C=O) groups excluding carboxylic acids is 1. The van der Waals surface area contributed by atoms with Gasteiger partial charge in [0.2, 0.25) is 5.89 Å². The molecule has 1 N–H and O–H groups in total. The minimum absolute atomic E-state index is 0.0154. The summed E-state index contributed by atoms with van der Waals surface area (Å²) < 4.78 is 43.3. The molecule has 1 saturated carbocycles. The van der Waals surface area contributed by atoms with E-state index < -0.39 is 12.1 Å². The van der Waals surface area contributed by atoms with Gasteiger partial charge < -0.3 is 14.7 Å². The first-order chi connectivity index (χ1) is 11.8. The number of alkyl halides is 3. The molecule has 1 atom stereocenters. The molecule has 2 fully saturated rings. The van der Waals surface area contributed by atoms with Crippen LogP contribution in [0, 0.1) is 12.8 Å². The van der Waals surface area contributed by atoms with E-state index in [0.717, 1.165) is 12.8 Å². The van der Waals surface area contributed by atoms with Crippen LogP contribution in [0.2, 0.25) is 0 Å². The number of halogens is 3. The molecular formula is C16H23F3N4O2. The number of aryl methyl sites for hydroxylation is 1. The van der Waals surface area contributed by atoms with Crippen LogP contribution < -0.4 is 5.32 Å². The van der Waals surface area contributed by atoms with Crippen LogP contribution in [-0.4, -0.2) is 46.4 Å². The lowest BCUT2D eigenvalue weighted by Crippen LogP contribution is -2.49. The molecule has 0 spiro atoms. The lowest BCUT2D eigenvalue weighted by Gasteiger charge is -2.34. The third-order valence-electron chi connectivity index (χ3n) is 5.12. The van der Waals surface area contributed by atoms with Gasteiger partial charge in [0.1, 0.15) is 0 Å². The van der Waals surface area contributed by atoms with Crippen LogP contribution in [0.1, 0.15) is 56.2 Å². The summed E-state index contributed by atoms with van der Waals surface area (Å²) in [6.07, 6.45) is -1.51. The maximum Gasteiger partial charge on any atom is 0.391 e. The summed E-state index contributed by atoms with van der Waals surface area (Å²) in [5, 5.41) is 6.68. The average Bonchev–Trinajstić information content (AvgIpc) is 3.01. The van der Waals surface area contributed by atoms with Gasteiger partial charge in [0.15, 0.2) is 5.82 Å². The minimum Gasteiger partial charge on any atom is -0.339 e. The molecule has 1 unspecified atom stereocenters. The van der Waals surface area contributed by atoms with E-state index in [2.05, 4.69) is 15.5 Å². The Morgan fingerprint density at radius 1 is 1.24 bits per heavy atom. The van der Waals surface area contributed by atoms with E-state index >= 15 is 0 Å². The predicted molar refractivity (Wildman–Crippen MR) is 82.9 cm³/mol. The standard InChI is InChI=1S/C16H23F3N4O2/c1-10-20-14(25-22-10)11-3-2-8-23(9-11)15(24)21-13-6-4-12(5-7-13)16(17,18)19/h11-13H,2-9H2,1H3,(H,21,24). The first-order valence-electron chi connectivity index (χ1n) is 8.75.